The maximum Gasteiger partial charge on any atom is 0.348 e. The first-order valence-electron chi connectivity index (χ1n) is 13.4. The van der Waals surface area contributed by atoms with E-state index in [4.69, 9.17) is 30.4 Å². The second-order valence-electron chi connectivity index (χ2n) is 9.97. The number of benzene rings is 1. The summed E-state index contributed by atoms with van der Waals surface area (Å²) < 4.78 is 37.7. The first kappa shape index (κ1) is 30.6. The highest BCUT2D eigenvalue weighted by Crippen LogP contribution is 2.32. The fourth-order valence-corrected chi connectivity index (χ4v) is 4.25. The molecule has 4 rings (SSSR count). The molecule has 14 nitrogen and oxygen atoms in total. The van der Waals surface area contributed by atoms with Gasteiger partial charge in [-0.25, -0.2) is 14.2 Å². The number of carbonyl (C=O) groups excluding carboxylic acids is 3. The maximum absolute atomic E-state index is 14.9. The van der Waals surface area contributed by atoms with Crippen molar-refractivity contribution in [1.82, 2.24) is 19.5 Å². The molecule has 0 aliphatic carbocycles. The van der Waals surface area contributed by atoms with Crippen LogP contribution >= 0.6 is 0 Å². The van der Waals surface area contributed by atoms with Gasteiger partial charge >= 0.3 is 17.9 Å². The van der Waals surface area contributed by atoms with E-state index in [1.165, 1.54) is 10.9 Å². The molecular weight excluding hydrogens is 555 g/mol. The molecule has 0 radical (unpaired) electrons. The quantitative estimate of drug-likeness (QED) is 0.202. The normalized spacial score (nSPS) is 20.5. The Labute approximate surface area is 239 Å². The summed E-state index contributed by atoms with van der Waals surface area (Å²) >= 11 is 0. The molecule has 0 bridgehead atoms. The minimum atomic E-state index is -1.68. The predicted octanol–water partition coefficient (Wildman–Crippen LogP) is 1.29. The van der Waals surface area contributed by atoms with Crippen LogP contribution < -0.4 is 17.0 Å². The number of fused-ring (bicyclic) bond motifs is 1. The highest BCUT2D eigenvalue weighted by molar-refractivity contribution is 5.85. The molecule has 3 aromatic rings. The van der Waals surface area contributed by atoms with Gasteiger partial charge in [-0.3, -0.25) is 23.9 Å². The summed E-state index contributed by atoms with van der Waals surface area (Å²) in [5.41, 5.74) is 11.8. The lowest BCUT2D eigenvalue weighted by Crippen LogP contribution is -2.43. The Hall–Kier alpha value is -4.37. The number of alkyl halides is 1. The van der Waals surface area contributed by atoms with Gasteiger partial charge in [-0.2, -0.15) is 4.98 Å². The van der Waals surface area contributed by atoms with Gasteiger partial charge in [0.15, 0.2) is 11.2 Å². The van der Waals surface area contributed by atoms with E-state index in [0.29, 0.717) is 6.42 Å². The molecule has 2 aromatic heterocycles. The van der Waals surface area contributed by atoms with Gasteiger partial charge in [0.2, 0.25) is 12.1 Å². The van der Waals surface area contributed by atoms with Crippen LogP contribution in [0.25, 0.3) is 11.2 Å². The van der Waals surface area contributed by atoms with E-state index < -0.39 is 67.1 Å². The zero-order valence-corrected chi connectivity index (χ0v) is 23.1. The summed E-state index contributed by atoms with van der Waals surface area (Å²) in [6.07, 6.45) is -4.33. The van der Waals surface area contributed by atoms with Crippen molar-refractivity contribution in [2.75, 3.05) is 12.3 Å². The molecule has 226 valence electrons. The third kappa shape index (κ3) is 7.28. The molecule has 1 fully saturated rings. The Kier molecular flexibility index (Phi) is 9.85. The lowest BCUT2D eigenvalue weighted by atomic mass is 10.0. The number of hydrogen-bond acceptors (Lipinski definition) is 12. The molecule has 2 unspecified atom stereocenters. The molecule has 1 aliphatic heterocycles. The van der Waals surface area contributed by atoms with Gasteiger partial charge in [0, 0.05) is 6.42 Å². The number of nitrogen functional groups attached to an aromatic ring is 1. The van der Waals surface area contributed by atoms with Crippen LogP contribution in [0, 0.1) is 5.92 Å². The summed E-state index contributed by atoms with van der Waals surface area (Å²) in [4.78, 5) is 60.5. The Balaban J connectivity index is 1.40. The van der Waals surface area contributed by atoms with Crippen molar-refractivity contribution < 1.29 is 37.7 Å². The van der Waals surface area contributed by atoms with Crippen LogP contribution in [0.2, 0.25) is 0 Å². The first-order valence-corrected chi connectivity index (χ1v) is 13.4. The summed E-state index contributed by atoms with van der Waals surface area (Å²) in [7, 11) is 0. The Morgan fingerprint density at radius 2 is 1.95 bits per heavy atom. The summed E-state index contributed by atoms with van der Waals surface area (Å²) in [6.45, 7) is 2.97. The van der Waals surface area contributed by atoms with Gasteiger partial charge < -0.3 is 30.4 Å². The molecular formula is C27H33FN6O8. The number of rotatable bonds is 12. The number of halogens is 1. The van der Waals surface area contributed by atoms with Crippen LogP contribution in [0.1, 0.15) is 44.9 Å². The highest BCUT2D eigenvalue weighted by Gasteiger charge is 2.39. The minimum Gasteiger partial charge on any atom is -0.461 e. The smallest absolute Gasteiger partial charge is 0.348 e. The van der Waals surface area contributed by atoms with Crippen molar-refractivity contribution in [2.45, 2.75) is 70.4 Å². The average molecular weight is 589 g/mol. The number of anilines is 1. The third-order valence-corrected chi connectivity index (χ3v) is 6.96. The fourth-order valence-electron chi connectivity index (χ4n) is 4.25. The Bertz CT molecular complexity index is 1460. The van der Waals surface area contributed by atoms with Crippen LogP contribution in [-0.4, -0.2) is 68.5 Å². The van der Waals surface area contributed by atoms with Gasteiger partial charge in [0.1, 0.15) is 37.8 Å². The number of hydrogen-bond donors (Lipinski definition) is 3. The van der Waals surface area contributed by atoms with Crippen molar-refractivity contribution in [3.63, 3.8) is 0 Å². The maximum atomic E-state index is 14.9. The van der Waals surface area contributed by atoms with E-state index >= 15 is 0 Å². The standard InChI is InChI=1S/C27H33FN6O8/c1-3-14(2)21(29)26(38)42-17(10-20(35)39-11-15-7-5-4-6-8-15)25(37)40-12-18-16(28)9-19(41-18)34-13-31-22-23(34)32-27(30)33-24(22)36/h4-8,13-14,16-19,21H,3,9-12,29H2,1-2H3,(H3,30,32,33,36)/t14-,16?,17?,18+,19+,21-/m0/s1. The van der Waals surface area contributed by atoms with Gasteiger partial charge in [-0.05, 0) is 11.5 Å². The number of aromatic amines is 1. The lowest BCUT2D eigenvalue weighted by molar-refractivity contribution is -0.176. The van der Waals surface area contributed by atoms with Crippen molar-refractivity contribution >= 4 is 35.0 Å². The van der Waals surface area contributed by atoms with Crippen LogP contribution in [0.15, 0.2) is 41.5 Å². The molecule has 15 heteroatoms. The molecule has 0 spiro atoms. The molecule has 42 heavy (non-hydrogen) atoms. The largest absolute Gasteiger partial charge is 0.461 e. The van der Waals surface area contributed by atoms with E-state index in [2.05, 4.69) is 15.0 Å². The Morgan fingerprint density at radius 1 is 1.21 bits per heavy atom. The zero-order chi connectivity index (χ0) is 30.4. The molecule has 1 aromatic carbocycles. The van der Waals surface area contributed by atoms with E-state index in [1.54, 1.807) is 37.3 Å². The van der Waals surface area contributed by atoms with Crippen LogP contribution in [0.3, 0.4) is 0 Å². The van der Waals surface area contributed by atoms with E-state index in [-0.39, 0.29) is 36.1 Å². The summed E-state index contributed by atoms with van der Waals surface area (Å²) in [5, 5.41) is 0. The summed E-state index contributed by atoms with van der Waals surface area (Å²) in [5.74, 6) is -3.21. The van der Waals surface area contributed by atoms with Gasteiger partial charge in [0.05, 0.1) is 12.7 Å². The molecule has 0 amide bonds. The van der Waals surface area contributed by atoms with Crippen molar-refractivity contribution in [2.24, 2.45) is 11.7 Å². The molecule has 5 N–H and O–H groups in total. The number of H-pyrrole nitrogens is 1. The Morgan fingerprint density at radius 3 is 2.67 bits per heavy atom. The molecule has 0 saturated carbocycles. The summed E-state index contributed by atoms with van der Waals surface area (Å²) in [6, 6.07) is 7.82. The zero-order valence-electron chi connectivity index (χ0n) is 23.1. The lowest BCUT2D eigenvalue weighted by Gasteiger charge is -2.22. The highest BCUT2D eigenvalue weighted by atomic mass is 19.1. The number of nitrogens with zero attached hydrogens (tertiary/aromatic N) is 3. The fraction of sp³-hybridized carbons (Fsp3) is 0.481. The van der Waals surface area contributed by atoms with E-state index in [0.717, 1.165) is 5.56 Å². The molecule has 1 aliphatic rings. The third-order valence-electron chi connectivity index (χ3n) is 6.96. The van der Waals surface area contributed by atoms with E-state index in [9.17, 15) is 23.6 Å². The van der Waals surface area contributed by atoms with Crippen LogP contribution in [0.4, 0.5) is 10.3 Å². The number of ether oxygens (including phenoxy) is 4. The second-order valence-corrected chi connectivity index (χ2v) is 9.97. The number of imidazole rings is 1. The number of nitrogens with one attached hydrogen (secondary N) is 1. The van der Waals surface area contributed by atoms with Gasteiger partial charge in [-0.15, -0.1) is 0 Å². The average Bonchev–Trinajstić information content (AvgIpc) is 3.57. The number of carbonyl (C=O) groups is 3. The number of esters is 3. The van der Waals surface area contributed by atoms with E-state index in [1.807, 2.05) is 6.92 Å². The molecule has 3 heterocycles. The van der Waals surface area contributed by atoms with Crippen LogP contribution in [-0.2, 0) is 39.9 Å². The monoisotopic (exact) mass is 588 g/mol. The predicted molar refractivity (Wildman–Crippen MR) is 145 cm³/mol. The van der Waals surface area contributed by atoms with Crippen molar-refractivity contribution in [3.8, 4) is 0 Å². The SMILES string of the molecule is CC[C@H](C)[C@H](N)C(=O)OC(CC(=O)OCc1ccccc1)C(=O)OC[C@H]1O[C@@H](n2cnc3c(=O)[nH]c(N)nc32)CC1F. The minimum absolute atomic E-state index is 0.00232. The van der Waals surface area contributed by atoms with Crippen molar-refractivity contribution in [3.05, 3.63) is 52.6 Å². The molecule has 1 saturated heterocycles. The second kappa shape index (κ2) is 13.5. The number of nitrogens with two attached hydrogens (primary N) is 2. The molecule has 6 atom stereocenters. The van der Waals surface area contributed by atoms with Gasteiger partial charge in [-0.1, -0.05) is 50.6 Å². The van der Waals surface area contributed by atoms with Crippen LogP contribution in [0.5, 0.6) is 0 Å². The topological polar surface area (TPSA) is 204 Å². The number of aromatic nitrogens is 4. The first-order chi connectivity index (χ1) is 20.1. The van der Waals surface area contributed by atoms with Crippen molar-refractivity contribution in [1.29, 1.82) is 0 Å². The van der Waals surface area contributed by atoms with Gasteiger partial charge in [0.25, 0.3) is 5.56 Å².